The molecular formula is C15H22O2. The van der Waals surface area contributed by atoms with Crippen LogP contribution in [0.3, 0.4) is 0 Å². The number of Topliss-reactive ketones (excluding diaryl/α,β-unsaturated/α-hetero) is 1. The second kappa shape index (κ2) is 2.85. The van der Waals surface area contributed by atoms with E-state index in [-0.39, 0.29) is 28.4 Å². The molecule has 3 rings (SSSR count). The lowest BCUT2D eigenvalue weighted by molar-refractivity contribution is -0.115. The van der Waals surface area contributed by atoms with Crippen LogP contribution < -0.4 is 0 Å². The molecule has 3 aliphatic carbocycles. The molecular weight excluding hydrogens is 212 g/mol. The van der Waals surface area contributed by atoms with E-state index in [1.807, 2.05) is 0 Å². The van der Waals surface area contributed by atoms with E-state index < -0.39 is 5.60 Å². The van der Waals surface area contributed by atoms with Gasteiger partial charge in [0, 0.05) is 23.8 Å². The fourth-order valence-corrected chi connectivity index (χ4v) is 5.36. The van der Waals surface area contributed by atoms with E-state index in [1.165, 1.54) is 6.42 Å². The van der Waals surface area contributed by atoms with E-state index in [2.05, 4.69) is 27.4 Å². The minimum Gasteiger partial charge on any atom is -0.384 e. The van der Waals surface area contributed by atoms with Crippen LogP contribution in [-0.4, -0.2) is 16.5 Å². The van der Waals surface area contributed by atoms with Gasteiger partial charge in [-0.1, -0.05) is 27.4 Å². The van der Waals surface area contributed by atoms with Crippen LogP contribution in [0.4, 0.5) is 0 Å². The van der Waals surface area contributed by atoms with Crippen molar-refractivity contribution in [3.63, 3.8) is 0 Å². The van der Waals surface area contributed by atoms with Crippen molar-refractivity contribution in [2.75, 3.05) is 0 Å². The van der Waals surface area contributed by atoms with Crippen LogP contribution >= 0.6 is 0 Å². The number of hydrogen-bond donors (Lipinski definition) is 1. The zero-order chi connectivity index (χ0) is 12.6. The third kappa shape index (κ3) is 1.13. The van der Waals surface area contributed by atoms with Gasteiger partial charge in [-0.2, -0.15) is 0 Å². The number of carbonyl (C=O) groups is 1. The highest BCUT2D eigenvalue weighted by molar-refractivity contribution is 6.00. The molecule has 0 radical (unpaired) electrons. The van der Waals surface area contributed by atoms with Gasteiger partial charge in [0.25, 0.3) is 0 Å². The van der Waals surface area contributed by atoms with Crippen molar-refractivity contribution in [1.82, 2.24) is 0 Å². The minimum atomic E-state index is -0.911. The molecule has 3 saturated carbocycles. The molecule has 0 aromatic carbocycles. The molecule has 3 aliphatic rings. The van der Waals surface area contributed by atoms with Gasteiger partial charge in [0.2, 0.25) is 0 Å². The van der Waals surface area contributed by atoms with E-state index in [9.17, 15) is 9.90 Å². The van der Waals surface area contributed by atoms with Crippen LogP contribution in [0.15, 0.2) is 12.2 Å². The third-order valence-electron chi connectivity index (χ3n) is 5.85. The highest BCUT2D eigenvalue weighted by atomic mass is 16.3. The zero-order valence-electron chi connectivity index (χ0n) is 11.0. The molecule has 2 nitrogen and oxygen atoms in total. The molecule has 0 heterocycles. The van der Waals surface area contributed by atoms with Crippen LogP contribution in [0.5, 0.6) is 0 Å². The summed E-state index contributed by atoms with van der Waals surface area (Å²) in [5.74, 6) is 0.408. The lowest BCUT2D eigenvalue weighted by Crippen LogP contribution is -2.45. The van der Waals surface area contributed by atoms with Crippen LogP contribution in [0.25, 0.3) is 0 Å². The summed E-state index contributed by atoms with van der Waals surface area (Å²) in [6.45, 7) is 10.7. The average molecular weight is 234 g/mol. The molecule has 0 aromatic rings. The highest BCUT2D eigenvalue weighted by Gasteiger charge is 2.70. The summed E-state index contributed by atoms with van der Waals surface area (Å²) in [5, 5.41) is 11.1. The van der Waals surface area contributed by atoms with Gasteiger partial charge in [0.1, 0.15) is 0 Å². The normalized spacial score (nSPS) is 51.8. The molecule has 3 fully saturated rings. The Bertz CT molecular complexity index is 423. The second-order valence-corrected chi connectivity index (χ2v) is 7.41. The Kier molecular flexibility index (Phi) is 1.92. The largest absolute Gasteiger partial charge is 0.384 e. The number of fused-ring (bicyclic) bond motifs is 3. The predicted molar refractivity (Wildman–Crippen MR) is 66.4 cm³/mol. The summed E-state index contributed by atoms with van der Waals surface area (Å²) in [4.78, 5) is 11.8. The van der Waals surface area contributed by atoms with Crippen LogP contribution in [0.1, 0.15) is 46.5 Å². The maximum Gasteiger partial charge on any atom is 0.161 e. The van der Waals surface area contributed by atoms with Gasteiger partial charge in [-0.05, 0) is 30.1 Å². The fourth-order valence-electron chi connectivity index (χ4n) is 5.36. The van der Waals surface area contributed by atoms with Gasteiger partial charge >= 0.3 is 0 Å². The summed E-state index contributed by atoms with van der Waals surface area (Å²) in [6, 6.07) is 0. The Hall–Kier alpha value is -0.630. The third-order valence-corrected chi connectivity index (χ3v) is 5.85. The first-order chi connectivity index (χ1) is 7.72. The Morgan fingerprint density at radius 1 is 1.29 bits per heavy atom. The lowest BCUT2D eigenvalue weighted by atomic mass is 9.66. The molecule has 0 bridgehead atoms. The van der Waals surface area contributed by atoms with Crippen LogP contribution in [0, 0.1) is 22.7 Å². The van der Waals surface area contributed by atoms with E-state index in [4.69, 9.17) is 0 Å². The Morgan fingerprint density at radius 3 is 2.59 bits per heavy atom. The first kappa shape index (κ1) is 11.5. The topological polar surface area (TPSA) is 37.3 Å². The molecule has 94 valence electrons. The monoisotopic (exact) mass is 234 g/mol. The highest BCUT2D eigenvalue weighted by Crippen LogP contribution is 2.70. The number of aliphatic hydroxyl groups is 1. The van der Waals surface area contributed by atoms with Gasteiger partial charge in [-0.15, -0.1) is 0 Å². The fraction of sp³-hybridized carbons (Fsp3) is 0.800. The number of ketones is 1. The second-order valence-electron chi connectivity index (χ2n) is 7.41. The van der Waals surface area contributed by atoms with Crippen LogP contribution in [0.2, 0.25) is 0 Å². The molecule has 4 atom stereocenters. The number of carbonyl (C=O) groups excluding carboxylic acids is 1. The van der Waals surface area contributed by atoms with Gasteiger partial charge < -0.3 is 5.11 Å². The summed E-state index contributed by atoms with van der Waals surface area (Å²) in [6.07, 6.45) is 3.81. The van der Waals surface area contributed by atoms with E-state index in [0.717, 1.165) is 12.8 Å². The van der Waals surface area contributed by atoms with Gasteiger partial charge in [-0.25, -0.2) is 0 Å². The molecule has 1 N–H and O–H groups in total. The first-order valence-corrected chi connectivity index (χ1v) is 6.67. The quantitative estimate of drug-likeness (QED) is 0.654. The van der Waals surface area contributed by atoms with Gasteiger partial charge in [-0.3, -0.25) is 4.79 Å². The summed E-state index contributed by atoms with van der Waals surface area (Å²) in [5.41, 5.74) is -0.101. The molecule has 0 amide bonds. The summed E-state index contributed by atoms with van der Waals surface area (Å²) >= 11 is 0. The van der Waals surface area contributed by atoms with Crippen molar-refractivity contribution in [1.29, 1.82) is 0 Å². The van der Waals surface area contributed by atoms with E-state index in [0.29, 0.717) is 12.0 Å². The van der Waals surface area contributed by atoms with E-state index >= 15 is 0 Å². The molecule has 0 unspecified atom stereocenters. The Labute approximate surface area is 103 Å². The van der Waals surface area contributed by atoms with Crippen molar-refractivity contribution in [3.05, 3.63) is 12.2 Å². The summed E-state index contributed by atoms with van der Waals surface area (Å²) < 4.78 is 0. The standard InChI is InChI=1S/C15H22O2/c1-9-11(16)7-10-8-14(4)6-5-13(2,3)12(14)15(9,10)17/h10,12,17H,1,5-8H2,2-4H3/t10-,12-,14-,15+/m0/s1. The first-order valence-electron chi connectivity index (χ1n) is 6.67. The van der Waals surface area contributed by atoms with Crippen molar-refractivity contribution in [3.8, 4) is 0 Å². The number of hydrogen-bond acceptors (Lipinski definition) is 2. The molecule has 0 aliphatic heterocycles. The van der Waals surface area contributed by atoms with Crippen molar-refractivity contribution in [2.24, 2.45) is 22.7 Å². The van der Waals surface area contributed by atoms with Crippen molar-refractivity contribution < 1.29 is 9.90 Å². The average Bonchev–Trinajstić information content (AvgIpc) is 2.66. The number of rotatable bonds is 0. The predicted octanol–water partition coefficient (Wildman–Crippen LogP) is 2.71. The maximum absolute atomic E-state index is 11.8. The molecule has 0 saturated heterocycles. The SMILES string of the molecule is C=C1C(=O)C[C@H]2C[C@]3(C)CCC(C)(C)[C@@H]3[C@@]12O. The Balaban J connectivity index is 2.14. The zero-order valence-corrected chi connectivity index (χ0v) is 11.0. The van der Waals surface area contributed by atoms with Crippen molar-refractivity contribution in [2.45, 2.75) is 52.1 Å². The molecule has 0 spiro atoms. The van der Waals surface area contributed by atoms with Crippen molar-refractivity contribution >= 4 is 5.78 Å². The lowest BCUT2D eigenvalue weighted by Gasteiger charge is -2.41. The summed E-state index contributed by atoms with van der Waals surface area (Å²) in [7, 11) is 0. The molecule has 17 heavy (non-hydrogen) atoms. The Morgan fingerprint density at radius 2 is 1.94 bits per heavy atom. The molecule has 2 heteroatoms. The van der Waals surface area contributed by atoms with Crippen LogP contribution in [-0.2, 0) is 4.79 Å². The maximum atomic E-state index is 11.8. The van der Waals surface area contributed by atoms with Gasteiger partial charge in [0.15, 0.2) is 5.78 Å². The minimum absolute atomic E-state index is 0.0854. The van der Waals surface area contributed by atoms with E-state index in [1.54, 1.807) is 0 Å². The smallest absolute Gasteiger partial charge is 0.161 e. The van der Waals surface area contributed by atoms with Gasteiger partial charge in [0.05, 0.1) is 5.60 Å². The molecule has 0 aromatic heterocycles.